The maximum absolute atomic E-state index is 12.3. The first-order valence-corrected chi connectivity index (χ1v) is 9.42. The summed E-state index contributed by atoms with van der Waals surface area (Å²) in [5, 5.41) is 12.4. The van der Waals surface area contributed by atoms with E-state index in [-0.39, 0.29) is 11.5 Å². The van der Waals surface area contributed by atoms with Crippen molar-refractivity contribution < 1.29 is 14.7 Å². The molecule has 0 saturated carbocycles. The van der Waals surface area contributed by atoms with Gasteiger partial charge in [0, 0.05) is 28.8 Å². The van der Waals surface area contributed by atoms with Crippen molar-refractivity contribution in [2.24, 2.45) is 5.92 Å². The monoisotopic (exact) mass is 416 g/mol. The Morgan fingerprint density at radius 2 is 1.77 bits per heavy atom. The van der Waals surface area contributed by atoms with Crippen LogP contribution in [0.2, 0.25) is 0 Å². The van der Waals surface area contributed by atoms with Crippen LogP contribution in [0.4, 0.5) is 11.4 Å². The Morgan fingerprint density at radius 3 is 2.38 bits per heavy atom. The Morgan fingerprint density at radius 1 is 1.12 bits per heavy atom. The molecule has 0 aliphatic carbocycles. The molecular weight excluding hydrogens is 396 g/mol. The Balaban J connectivity index is 1.81. The minimum atomic E-state index is -0.988. The first-order chi connectivity index (χ1) is 12.4. The number of rotatable bonds is 4. The Kier molecular flexibility index (Phi) is 5.61. The van der Waals surface area contributed by atoms with Gasteiger partial charge >= 0.3 is 5.97 Å². The molecular formula is C20H21BrN2O3. The first kappa shape index (κ1) is 18.5. The lowest BCUT2D eigenvalue weighted by molar-refractivity contribution is 0.0697. The van der Waals surface area contributed by atoms with Gasteiger partial charge in [-0.1, -0.05) is 22.9 Å². The van der Waals surface area contributed by atoms with Crippen molar-refractivity contribution in [3.05, 3.63) is 58.1 Å². The van der Waals surface area contributed by atoms with Gasteiger partial charge in [0.05, 0.1) is 11.3 Å². The topological polar surface area (TPSA) is 69.6 Å². The van der Waals surface area contributed by atoms with Crippen molar-refractivity contribution in [3.8, 4) is 0 Å². The van der Waals surface area contributed by atoms with E-state index in [2.05, 4.69) is 33.1 Å². The van der Waals surface area contributed by atoms with E-state index < -0.39 is 5.97 Å². The fourth-order valence-electron chi connectivity index (χ4n) is 3.11. The number of carboxylic acid groups (broad SMARTS) is 1. The van der Waals surface area contributed by atoms with Gasteiger partial charge in [0.15, 0.2) is 0 Å². The quantitative estimate of drug-likeness (QED) is 0.761. The maximum atomic E-state index is 12.3. The zero-order chi connectivity index (χ0) is 18.7. The number of amides is 1. The number of aromatic carboxylic acids is 1. The van der Waals surface area contributed by atoms with Crippen LogP contribution in [0.1, 0.15) is 40.5 Å². The molecule has 0 unspecified atom stereocenters. The Bertz CT molecular complexity index is 812. The van der Waals surface area contributed by atoms with Crippen LogP contribution in [0.5, 0.6) is 0 Å². The molecule has 26 heavy (non-hydrogen) atoms. The van der Waals surface area contributed by atoms with Crippen LogP contribution in [0.3, 0.4) is 0 Å². The van der Waals surface area contributed by atoms with Gasteiger partial charge in [-0.15, -0.1) is 0 Å². The van der Waals surface area contributed by atoms with Crippen molar-refractivity contribution in [1.82, 2.24) is 0 Å². The number of hydrogen-bond donors (Lipinski definition) is 2. The smallest absolute Gasteiger partial charge is 0.337 e. The van der Waals surface area contributed by atoms with Gasteiger partial charge in [-0.25, -0.2) is 4.79 Å². The number of carbonyl (C=O) groups is 2. The summed E-state index contributed by atoms with van der Waals surface area (Å²) in [5.74, 6) is -0.587. The number of benzene rings is 2. The molecule has 1 fully saturated rings. The van der Waals surface area contributed by atoms with E-state index in [4.69, 9.17) is 0 Å². The summed E-state index contributed by atoms with van der Waals surface area (Å²) in [6, 6.07) is 12.1. The van der Waals surface area contributed by atoms with Crippen LogP contribution in [0.25, 0.3) is 0 Å². The fourth-order valence-corrected chi connectivity index (χ4v) is 3.38. The van der Waals surface area contributed by atoms with Crippen LogP contribution < -0.4 is 10.2 Å². The molecule has 0 aromatic heterocycles. The van der Waals surface area contributed by atoms with Gasteiger partial charge in [-0.05, 0) is 61.2 Å². The number of halogens is 1. The number of piperidine rings is 1. The first-order valence-electron chi connectivity index (χ1n) is 8.63. The molecule has 3 rings (SSSR count). The van der Waals surface area contributed by atoms with Crippen molar-refractivity contribution in [2.45, 2.75) is 19.8 Å². The van der Waals surface area contributed by atoms with Gasteiger partial charge < -0.3 is 15.3 Å². The van der Waals surface area contributed by atoms with E-state index >= 15 is 0 Å². The number of nitrogens with one attached hydrogen (secondary N) is 1. The molecule has 5 nitrogen and oxygen atoms in total. The second-order valence-electron chi connectivity index (χ2n) is 6.67. The molecule has 1 heterocycles. The van der Waals surface area contributed by atoms with Gasteiger partial charge in [0.2, 0.25) is 0 Å². The number of nitrogens with zero attached hydrogens (tertiary/aromatic N) is 1. The minimum absolute atomic E-state index is 0.216. The molecule has 136 valence electrons. The molecule has 2 N–H and O–H groups in total. The lowest BCUT2D eigenvalue weighted by atomic mass is 9.98. The highest BCUT2D eigenvalue weighted by molar-refractivity contribution is 9.10. The van der Waals surface area contributed by atoms with Crippen molar-refractivity contribution in [1.29, 1.82) is 0 Å². The summed E-state index contributed by atoms with van der Waals surface area (Å²) in [6.45, 7) is 3.92. The number of carbonyl (C=O) groups excluding carboxylic acids is 1. The molecule has 6 heteroatoms. The normalized spacial score (nSPS) is 14.9. The molecule has 0 atom stereocenters. The van der Waals surface area contributed by atoms with Crippen molar-refractivity contribution >= 4 is 39.2 Å². The predicted octanol–water partition coefficient (Wildman–Crippen LogP) is 4.64. The summed E-state index contributed by atoms with van der Waals surface area (Å²) in [4.78, 5) is 26.2. The fraction of sp³-hybridized carbons (Fsp3) is 0.300. The molecule has 1 aliphatic heterocycles. The Hall–Kier alpha value is -2.34. The van der Waals surface area contributed by atoms with Crippen LogP contribution in [0.15, 0.2) is 46.9 Å². The van der Waals surface area contributed by atoms with Crippen LogP contribution in [-0.2, 0) is 0 Å². The minimum Gasteiger partial charge on any atom is -0.478 e. The zero-order valence-electron chi connectivity index (χ0n) is 14.5. The maximum Gasteiger partial charge on any atom is 0.337 e. The van der Waals surface area contributed by atoms with Gasteiger partial charge in [0.25, 0.3) is 5.91 Å². The molecule has 0 spiro atoms. The molecule has 1 saturated heterocycles. The van der Waals surface area contributed by atoms with E-state index in [1.807, 2.05) is 0 Å². The van der Waals surface area contributed by atoms with E-state index in [0.717, 1.165) is 30.4 Å². The van der Waals surface area contributed by atoms with Gasteiger partial charge in [-0.3, -0.25) is 4.79 Å². The number of anilines is 2. The van der Waals surface area contributed by atoms with E-state index in [0.29, 0.717) is 22.9 Å². The second-order valence-corrected chi connectivity index (χ2v) is 7.58. The van der Waals surface area contributed by atoms with E-state index in [1.54, 1.807) is 36.4 Å². The highest BCUT2D eigenvalue weighted by Gasteiger charge is 2.21. The third-order valence-electron chi connectivity index (χ3n) is 4.72. The average Bonchev–Trinajstić information content (AvgIpc) is 2.63. The van der Waals surface area contributed by atoms with Crippen LogP contribution in [0, 0.1) is 5.92 Å². The van der Waals surface area contributed by atoms with Gasteiger partial charge in [0.1, 0.15) is 0 Å². The van der Waals surface area contributed by atoms with Gasteiger partial charge in [-0.2, -0.15) is 0 Å². The van der Waals surface area contributed by atoms with Crippen LogP contribution in [-0.4, -0.2) is 30.1 Å². The average molecular weight is 417 g/mol. The van der Waals surface area contributed by atoms with Crippen molar-refractivity contribution in [2.75, 3.05) is 23.3 Å². The molecule has 0 bridgehead atoms. The third-order valence-corrected chi connectivity index (χ3v) is 5.24. The lowest BCUT2D eigenvalue weighted by Gasteiger charge is -2.33. The summed E-state index contributed by atoms with van der Waals surface area (Å²) in [6.07, 6.45) is 2.11. The number of hydrogen-bond acceptors (Lipinski definition) is 3. The summed E-state index contributed by atoms with van der Waals surface area (Å²) < 4.78 is 0.891. The largest absolute Gasteiger partial charge is 0.478 e. The molecule has 0 radical (unpaired) electrons. The van der Waals surface area contributed by atoms with Crippen molar-refractivity contribution in [3.63, 3.8) is 0 Å². The predicted molar refractivity (Wildman–Crippen MR) is 106 cm³/mol. The third kappa shape index (κ3) is 4.25. The second kappa shape index (κ2) is 7.91. The highest BCUT2D eigenvalue weighted by Crippen LogP contribution is 2.29. The SMILES string of the molecule is CC1CCN(c2ccc(NC(=O)c3ccc(Br)cc3)cc2C(=O)O)CC1. The lowest BCUT2D eigenvalue weighted by Crippen LogP contribution is -2.33. The summed E-state index contributed by atoms with van der Waals surface area (Å²) >= 11 is 3.33. The zero-order valence-corrected chi connectivity index (χ0v) is 16.1. The molecule has 2 aromatic rings. The van der Waals surface area contributed by atoms with E-state index in [1.165, 1.54) is 6.07 Å². The standard InChI is InChI=1S/C20H21BrN2O3/c1-13-8-10-23(11-9-13)18-7-6-16(12-17(18)20(25)26)22-19(24)14-2-4-15(21)5-3-14/h2-7,12-13H,8-11H2,1H3,(H,22,24)(H,25,26). The summed E-state index contributed by atoms with van der Waals surface area (Å²) in [7, 11) is 0. The Labute approximate surface area is 161 Å². The van der Waals surface area contributed by atoms with Crippen LogP contribution >= 0.6 is 15.9 Å². The molecule has 1 amide bonds. The number of carboxylic acids is 1. The summed E-state index contributed by atoms with van der Waals surface area (Å²) in [5.41, 5.74) is 1.92. The van der Waals surface area contributed by atoms with E-state index in [9.17, 15) is 14.7 Å². The molecule has 1 aliphatic rings. The highest BCUT2D eigenvalue weighted by atomic mass is 79.9. The molecule has 2 aromatic carbocycles.